The standard InChI is InChI=1S/C16H22N4OS/c1-3-4-5-6-7-8-9-13-10-14(12-18-11-13)15(21)19-20(2)16(17)22/h10-12H,3-7H2,1-2H3,(H2,17,22)(H,19,21). The van der Waals surface area contributed by atoms with Gasteiger partial charge in [0.1, 0.15) is 0 Å². The fraction of sp³-hybridized carbons (Fsp3) is 0.438. The first-order chi connectivity index (χ1) is 10.5. The Balaban J connectivity index is 2.60. The van der Waals surface area contributed by atoms with Crippen LogP contribution in [0.1, 0.15) is 54.9 Å². The average Bonchev–Trinajstić information content (AvgIpc) is 2.50. The number of nitrogens with two attached hydrogens (primary N) is 1. The van der Waals surface area contributed by atoms with Crippen molar-refractivity contribution < 1.29 is 4.79 Å². The summed E-state index contributed by atoms with van der Waals surface area (Å²) in [6, 6.07) is 1.70. The highest BCUT2D eigenvalue weighted by Crippen LogP contribution is 2.04. The van der Waals surface area contributed by atoms with Crippen molar-refractivity contribution in [2.24, 2.45) is 5.73 Å². The van der Waals surface area contributed by atoms with Gasteiger partial charge >= 0.3 is 0 Å². The summed E-state index contributed by atoms with van der Waals surface area (Å²) < 4.78 is 0. The van der Waals surface area contributed by atoms with Gasteiger partial charge in [-0.25, -0.2) is 0 Å². The van der Waals surface area contributed by atoms with Crippen LogP contribution in [-0.4, -0.2) is 28.1 Å². The molecule has 0 aliphatic carbocycles. The number of hydrogen-bond donors (Lipinski definition) is 2. The molecule has 0 saturated carbocycles. The number of thiocarbonyl (C=S) groups is 1. The van der Waals surface area contributed by atoms with E-state index in [0.717, 1.165) is 18.4 Å². The van der Waals surface area contributed by atoms with E-state index in [0.29, 0.717) is 5.56 Å². The third-order valence-corrected chi connectivity index (χ3v) is 3.26. The number of nitrogens with one attached hydrogen (secondary N) is 1. The van der Waals surface area contributed by atoms with E-state index in [1.54, 1.807) is 19.3 Å². The Labute approximate surface area is 137 Å². The average molecular weight is 318 g/mol. The molecule has 3 N–H and O–H groups in total. The Morgan fingerprint density at radius 1 is 1.41 bits per heavy atom. The molecule has 0 atom stereocenters. The fourth-order valence-corrected chi connectivity index (χ4v) is 1.75. The van der Waals surface area contributed by atoms with Gasteiger partial charge in [-0.15, -0.1) is 0 Å². The molecular weight excluding hydrogens is 296 g/mol. The van der Waals surface area contributed by atoms with Crippen molar-refractivity contribution in [3.63, 3.8) is 0 Å². The number of carbonyl (C=O) groups is 1. The van der Waals surface area contributed by atoms with Crippen molar-refractivity contribution in [3.8, 4) is 11.8 Å². The number of amides is 1. The van der Waals surface area contributed by atoms with E-state index in [-0.39, 0.29) is 11.0 Å². The van der Waals surface area contributed by atoms with Gasteiger partial charge in [0.2, 0.25) is 0 Å². The molecule has 0 radical (unpaired) electrons. The first-order valence-corrected chi connectivity index (χ1v) is 7.73. The Kier molecular flexibility index (Phi) is 7.94. The number of rotatable bonds is 5. The number of nitrogens with zero attached hydrogens (tertiary/aromatic N) is 2. The lowest BCUT2D eigenvalue weighted by atomic mass is 10.1. The first-order valence-electron chi connectivity index (χ1n) is 7.32. The zero-order chi connectivity index (χ0) is 16.4. The van der Waals surface area contributed by atoms with Gasteiger partial charge in [0, 0.05) is 31.4 Å². The monoisotopic (exact) mass is 318 g/mol. The van der Waals surface area contributed by atoms with Crippen molar-refractivity contribution in [3.05, 3.63) is 29.6 Å². The Morgan fingerprint density at radius 2 is 2.18 bits per heavy atom. The van der Waals surface area contributed by atoms with Crippen molar-refractivity contribution in [1.82, 2.24) is 15.4 Å². The minimum Gasteiger partial charge on any atom is -0.375 e. The molecule has 22 heavy (non-hydrogen) atoms. The van der Waals surface area contributed by atoms with Crippen LogP contribution in [-0.2, 0) is 0 Å². The number of hydrazine groups is 1. The first kappa shape index (κ1) is 17.9. The molecule has 0 saturated heterocycles. The highest BCUT2D eigenvalue weighted by molar-refractivity contribution is 7.80. The molecule has 0 unspecified atom stereocenters. The largest absolute Gasteiger partial charge is 0.375 e. The number of unbranched alkanes of at least 4 members (excludes halogenated alkanes) is 4. The number of hydrogen-bond acceptors (Lipinski definition) is 3. The SMILES string of the molecule is CCCCCCC#Cc1cncc(C(=O)NN(C)C(N)=S)c1. The highest BCUT2D eigenvalue weighted by Gasteiger charge is 2.09. The molecule has 0 aliphatic heterocycles. The lowest BCUT2D eigenvalue weighted by molar-refractivity contribution is 0.0887. The molecule has 1 rings (SSSR count). The summed E-state index contributed by atoms with van der Waals surface area (Å²) in [6.45, 7) is 2.18. The third kappa shape index (κ3) is 6.55. The van der Waals surface area contributed by atoms with Crippen molar-refractivity contribution in [1.29, 1.82) is 0 Å². The molecule has 1 aromatic rings. The molecule has 1 aromatic heterocycles. The Bertz CT molecular complexity index is 577. The number of carbonyl (C=O) groups excluding carboxylic acids is 1. The van der Waals surface area contributed by atoms with E-state index in [1.807, 2.05) is 0 Å². The van der Waals surface area contributed by atoms with Gasteiger partial charge in [0.15, 0.2) is 5.11 Å². The van der Waals surface area contributed by atoms with Crippen LogP contribution in [0.4, 0.5) is 0 Å². The summed E-state index contributed by atoms with van der Waals surface area (Å²) in [5.74, 6) is 5.82. The van der Waals surface area contributed by atoms with E-state index in [2.05, 4.69) is 29.2 Å². The van der Waals surface area contributed by atoms with Crippen LogP contribution in [0.25, 0.3) is 0 Å². The highest BCUT2D eigenvalue weighted by atomic mass is 32.1. The molecule has 6 heteroatoms. The molecule has 5 nitrogen and oxygen atoms in total. The van der Waals surface area contributed by atoms with Crippen LogP contribution in [0.5, 0.6) is 0 Å². The molecular formula is C16H22N4OS. The van der Waals surface area contributed by atoms with E-state index in [4.69, 9.17) is 18.0 Å². The summed E-state index contributed by atoms with van der Waals surface area (Å²) in [4.78, 5) is 16.0. The lowest BCUT2D eigenvalue weighted by Crippen LogP contribution is -2.45. The second-order valence-electron chi connectivity index (χ2n) is 4.91. The van der Waals surface area contributed by atoms with Crippen LogP contribution in [0.3, 0.4) is 0 Å². The Hall–Kier alpha value is -2.13. The van der Waals surface area contributed by atoms with Crippen LogP contribution in [0.2, 0.25) is 0 Å². The molecule has 0 spiro atoms. The third-order valence-electron chi connectivity index (χ3n) is 2.99. The van der Waals surface area contributed by atoms with E-state index in [9.17, 15) is 4.79 Å². The van der Waals surface area contributed by atoms with E-state index >= 15 is 0 Å². The fourth-order valence-electron chi connectivity index (χ4n) is 1.71. The van der Waals surface area contributed by atoms with Crippen molar-refractivity contribution >= 4 is 23.2 Å². The number of pyridine rings is 1. The Morgan fingerprint density at radius 3 is 2.86 bits per heavy atom. The van der Waals surface area contributed by atoms with Gasteiger partial charge in [-0.1, -0.05) is 38.0 Å². The molecule has 0 aromatic carbocycles. The molecule has 0 bridgehead atoms. The summed E-state index contributed by atoms with van der Waals surface area (Å²) in [7, 11) is 1.58. The zero-order valence-electron chi connectivity index (χ0n) is 13.1. The number of aromatic nitrogens is 1. The van der Waals surface area contributed by atoms with Gasteiger partial charge in [0.05, 0.1) is 5.56 Å². The molecule has 0 aliphatic rings. The van der Waals surface area contributed by atoms with Gasteiger partial charge in [-0.3, -0.25) is 20.2 Å². The van der Waals surface area contributed by atoms with Gasteiger partial charge in [-0.05, 0) is 24.7 Å². The van der Waals surface area contributed by atoms with Crippen LogP contribution in [0, 0.1) is 11.8 Å². The smallest absolute Gasteiger partial charge is 0.271 e. The molecule has 1 amide bonds. The molecule has 118 valence electrons. The minimum absolute atomic E-state index is 0.0873. The van der Waals surface area contributed by atoms with Gasteiger partial charge in [0.25, 0.3) is 5.91 Å². The minimum atomic E-state index is -0.325. The quantitative estimate of drug-likeness (QED) is 0.377. The maximum Gasteiger partial charge on any atom is 0.271 e. The second-order valence-corrected chi connectivity index (χ2v) is 5.33. The molecule has 1 heterocycles. The zero-order valence-corrected chi connectivity index (χ0v) is 13.9. The van der Waals surface area contributed by atoms with Crippen LogP contribution in [0.15, 0.2) is 18.5 Å². The normalized spacial score (nSPS) is 9.55. The maximum atomic E-state index is 12.0. The lowest BCUT2D eigenvalue weighted by Gasteiger charge is -2.17. The molecule has 0 fully saturated rings. The summed E-state index contributed by atoms with van der Waals surface area (Å²) in [5.41, 5.74) is 9.11. The van der Waals surface area contributed by atoms with E-state index in [1.165, 1.54) is 30.5 Å². The van der Waals surface area contributed by atoms with Crippen LogP contribution < -0.4 is 11.2 Å². The maximum absolute atomic E-state index is 12.0. The predicted octanol–water partition coefficient (Wildman–Crippen LogP) is 2.22. The summed E-state index contributed by atoms with van der Waals surface area (Å²) in [6.07, 6.45) is 8.76. The van der Waals surface area contributed by atoms with Gasteiger partial charge in [-0.2, -0.15) is 0 Å². The second kappa shape index (κ2) is 9.74. The van der Waals surface area contributed by atoms with Crippen molar-refractivity contribution in [2.75, 3.05) is 7.05 Å². The summed E-state index contributed by atoms with van der Waals surface area (Å²) >= 11 is 4.76. The van der Waals surface area contributed by atoms with Crippen molar-refractivity contribution in [2.45, 2.75) is 39.0 Å². The van der Waals surface area contributed by atoms with Crippen LogP contribution >= 0.6 is 12.2 Å². The topological polar surface area (TPSA) is 71.2 Å². The summed E-state index contributed by atoms with van der Waals surface area (Å²) in [5, 5.41) is 1.37. The van der Waals surface area contributed by atoms with Gasteiger partial charge < -0.3 is 5.73 Å². The van der Waals surface area contributed by atoms with E-state index < -0.39 is 0 Å². The predicted molar refractivity (Wildman–Crippen MR) is 91.9 cm³/mol.